The van der Waals surface area contributed by atoms with Gasteiger partial charge in [-0.2, -0.15) is 5.10 Å². The van der Waals surface area contributed by atoms with Crippen molar-refractivity contribution in [1.82, 2.24) is 5.43 Å². The van der Waals surface area contributed by atoms with Gasteiger partial charge < -0.3 is 14.2 Å². The molecular formula is C19H22N2O4S. The van der Waals surface area contributed by atoms with Crippen LogP contribution in [0.1, 0.15) is 11.1 Å². The monoisotopic (exact) mass is 374 g/mol. The fourth-order valence-electron chi connectivity index (χ4n) is 2.11. The molecule has 7 heteroatoms. The molecular weight excluding hydrogens is 352 g/mol. The van der Waals surface area contributed by atoms with Crippen LogP contribution in [0, 0.1) is 0 Å². The summed E-state index contributed by atoms with van der Waals surface area (Å²) in [5.41, 5.74) is 4.40. The first-order chi connectivity index (χ1) is 12.7. The minimum atomic E-state index is -0.160. The van der Waals surface area contributed by atoms with Crippen molar-refractivity contribution in [3.63, 3.8) is 0 Å². The van der Waals surface area contributed by atoms with Gasteiger partial charge >= 0.3 is 0 Å². The van der Waals surface area contributed by atoms with E-state index in [1.807, 2.05) is 30.3 Å². The Bertz CT molecular complexity index is 748. The van der Waals surface area contributed by atoms with E-state index in [0.717, 1.165) is 22.6 Å². The van der Waals surface area contributed by atoms with E-state index in [-0.39, 0.29) is 5.91 Å². The topological polar surface area (TPSA) is 69.2 Å². The van der Waals surface area contributed by atoms with Crippen molar-refractivity contribution >= 4 is 23.9 Å². The SMILES string of the molecule is COc1ccc(CSCC(=O)N/N=C\c2ccc(OC)cc2OC)cc1. The highest BCUT2D eigenvalue weighted by molar-refractivity contribution is 7.99. The number of carbonyl (C=O) groups excluding carboxylic acids is 1. The van der Waals surface area contributed by atoms with Gasteiger partial charge in [0.2, 0.25) is 5.91 Å². The number of rotatable bonds is 9. The maximum atomic E-state index is 11.9. The van der Waals surface area contributed by atoms with Gasteiger partial charge in [0.05, 0.1) is 33.3 Å². The number of nitrogens with one attached hydrogen (secondary N) is 1. The molecule has 138 valence electrons. The average molecular weight is 374 g/mol. The zero-order valence-corrected chi connectivity index (χ0v) is 15.8. The summed E-state index contributed by atoms with van der Waals surface area (Å²) in [5.74, 6) is 3.04. The first-order valence-electron chi connectivity index (χ1n) is 7.91. The Balaban J connectivity index is 1.78. The van der Waals surface area contributed by atoms with Crippen LogP contribution in [0.15, 0.2) is 47.6 Å². The number of hydrogen-bond acceptors (Lipinski definition) is 6. The number of hydrogen-bond donors (Lipinski definition) is 1. The third kappa shape index (κ3) is 6.00. The molecule has 2 rings (SSSR count). The van der Waals surface area contributed by atoms with Gasteiger partial charge in [0.1, 0.15) is 17.2 Å². The number of benzene rings is 2. The summed E-state index contributed by atoms with van der Waals surface area (Å²) in [5, 5.41) is 3.98. The zero-order valence-electron chi connectivity index (χ0n) is 15.0. The Morgan fingerprint density at radius 3 is 2.38 bits per heavy atom. The van der Waals surface area contributed by atoms with Gasteiger partial charge in [-0.25, -0.2) is 5.43 Å². The van der Waals surface area contributed by atoms with E-state index in [4.69, 9.17) is 14.2 Å². The normalized spacial score (nSPS) is 10.6. The van der Waals surface area contributed by atoms with Gasteiger partial charge in [0.15, 0.2) is 0 Å². The molecule has 0 aliphatic heterocycles. The molecule has 1 amide bonds. The smallest absolute Gasteiger partial charge is 0.250 e. The fourth-order valence-corrected chi connectivity index (χ4v) is 2.89. The van der Waals surface area contributed by atoms with Gasteiger partial charge in [0, 0.05) is 17.4 Å². The van der Waals surface area contributed by atoms with Crippen molar-refractivity contribution < 1.29 is 19.0 Å². The lowest BCUT2D eigenvalue weighted by Gasteiger charge is -2.07. The molecule has 0 aliphatic rings. The summed E-state index contributed by atoms with van der Waals surface area (Å²) in [7, 11) is 4.79. The Hall–Kier alpha value is -2.67. The number of amides is 1. The van der Waals surface area contributed by atoms with E-state index in [1.165, 1.54) is 11.8 Å². The minimum absolute atomic E-state index is 0.160. The second kappa shape index (κ2) is 10.4. The molecule has 0 fully saturated rings. The standard InChI is InChI=1S/C19H22N2O4S/c1-23-16-7-4-14(5-8-16)12-26-13-19(22)21-20-11-15-6-9-17(24-2)10-18(15)25-3/h4-11H,12-13H2,1-3H3,(H,21,22)/b20-11-. The molecule has 1 N–H and O–H groups in total. The molecule has 2 aromatic carbocycles. The van der Waals surface area contributed by atoms with Gasteiger partial charge in [-0.05, 0) is 29.8 Å². The highest BCUT2D eigenvalue weighted by atomic mass is 32.2. The van der Waals surface area contributed by atoms with E-state index < -0.39 is 0 Å². The summed E-state index contributed by atoms with van der Waals surface area (Å²) in [4.78, 5) is 11.9. The van der Waals surface area contributed by atoms with Crippen molar-refractivity contribution in [1.29, 1.82) is 0 Å². The number of nitrogens with zero attached hydrogens (tertiary/aromatic N) is 1. The molecule has 0 heterocycles. The summed E-state index contributed by atoms with van der Waals surface area (Å²) in [6.45, 7) is 0. The molecule has 0 unspecified atom stereocenters. The number of thioether (sulfide) groups is 1. The second-order valence-corrected chi connectivity index (χ2v) is 6.23. The maximum Gasteiger partial charge on any atom is 0.250 e. The predicted octanol–water partition coefficient (Wildman–Crippen LogP) is 3.10. The average Bonchev–Trinajstić information content (AvgIpc) is 2.68. The van der Waals surface area contributed by atoms with Crippen LogP contribution in [-0.4, -0.2) is 39.2 Å². The van der Waals surface area contributed by atoms with Gasteiger partial charge in [-0.15, -0.1) is 11.8 Å². The summed E-state index contributed by atoms with van der Waals surface area (Å²) < 4.78 is 15.5. The van der Waals surface area contributed by atoms with Crippen LogP contribution >= 0.6 is 11.8 Å². The van der Waals surface area contributed by atoms with Crippen LogP contribution in [0.4, 0.5) is 0 Å². The predicted molar refractivity (Wildman–Crippen MR) is 104 cm³/mol. The lowest BCUT2D eigenvalue weighted by Crippen LogP contribution is -2.19. The van der Waals surface area contributed by atoms with Crippen LogP contribution in [0.5, 0.6) is 17.2 Å². The van der Waals surface area contributed by atoms with Crippen molar-refractivity contribution in [3.05, 3.63) is 53.6 Å². The highest BCUT2D eigenvalue weighted by Gasteiger charge is 2.04. The molecule has 0 atom stereocenters. The Kier molecular flexibility index (Phi) is 7.82. The number of ether oxygens (including phenoxy) is 3. The minimum Gasteiger partial charge on any atom is -0.497 e. The van der Waals surface area contributed by atoms with Crippen LogP contribution in [-0.2, 0) is 10.5 Å². The Morgan fingerprint density at radius 1 is 1.04 bits per heavy atom. The first kappa shape index (κ1) is 19.7. The lowest BCUT2D eigenvalue weighted by molar-refractivity contribution is -0.118. The Labute approximate surface area is 157 Å². The fraction of sp³-hybridized carbons (Fsp3) is 0.263. The van der Waals surface area contributed by atoms with Crippen molar-refractivity contribution in [2.75, 3.05) is 27.1 Å². The van der Waals surface area contributed by atoms with Crippen LogP contribution in [0.25, 0.3) is 0 Å². The third-order valence-corrected chi connectivity index (χ3v) is 4.50. The number of hydrazone groups is 1. The third-order valence-electron chi connectivity index (χ3n) is 3.49. The van der Waals surface area contributed by atoms with Crippen molar-refractivity contribution in [2.24, 2.45) is 5.10 Å². The lowest BCUT2D eigenvalue weighted by atomic mass is 10.2. The quantitative estimate of drug-likeness (QED) is 0.540. The highest BCUT2D eigenvalue weighted by Crippen LogP contribution is 2.23. The van der Waals surface area contributed by atoms with Gasteiger partial charge in [-0.3, -0.25) is 4.79 Å². The molecule has 2 aromatic rings. The van der Waals surface area contributed by atoms with E-state index in [0.29, 0.717) is 17.3 Å². The molecule has 6 nitrogen and oxygen atoms in total. The second-order valence-electron chi connectivity index (χ2n) is 5.24. The maximum absolute atomic E-state index is 11.9. The number of carbonyl (C=O) groups is 1. The summed E-state index contributed by atoms with van der Waals surface area (Å²) in [6, 6.07) is 13.1. The van der Waals surface area contributed by atoms with Crippen molar-refractivity contribution in [2.45, 2.75) is 5.75 Å². The molecule has 0 saturated heterocycles. The van der Waals surface area contributed by atoms with E-state index in [1.54, 1.807) is 39.7 Å². The van der Waals surface area contributed by atoms with Gasteiger partial charge in [0.25, 0.3) is 0 Å². The Morgan fingerprint density at radius 2 is 1.73 bits per heavy atom. The molecule has 0 aromatic heterocycles. The van der Waals surface area contributed by atoms with E-state index >= 15 is 0 Å². The molecule has 0 spiro atoms. The molecule has 0 bridgehead atoms. The molecule has 0 saturated carbocycles. The van der Waals surface area contributed by atoms with Crippen LogP contribution < -0.4 is 19.6 Å². The number of methoxy groups -OCH3 is 3. The van der Waals surface area contributed by atoms with Gasteiger partial charge in [-0.1, -0.05) is 12.1 Å². The van der Waals surface area contributed by atoms with E-state index in [9.17, 15) is 4.79 Å². The van der Waals surface area contributed by atoms with Crippen LogP contribution in [0.2, 0.25) is 0 Å². The summed E-state index contributed by atoms with van der Waals surface area (Å²) >= 11 is 1.52. The first-order valence-corrected chi connectivity index (χ1v) is 9.06. The summed E-state index contributed by atoms with van der Waals surface area (Å²) in [6.07, 6.45) is 1.55. The molecule has 0 aliphatic carbocycles. The van der Waals surface area contributed by atoms with Crippen LogP contribution in [0.3, 0.4) is 0 Å². The largest absolute Gasteiger partial charge is 0.497 e. The molecule has 0 radical (unpaired) electrons. The zero-order chi connectivity index (χ0) is 18.8. The van der Waals surface area contributed by atoms with Crippen molar-refractivity contribution in [3.8, 4) is 17.2 Å². The van der Waals surface area contributed by atoms with E-state index in [2.05, 4.69) is 10.5 Å². The molecule has 26 heavy (non-hydrogen) atoms.